The van der Waals surface area contributed by atoms with E-state index in [2.05, 4.69) is 16.7 Å². The van der Waals surface area contributed by atoms with Gasteiger partial charge >= 0.3 is 0 Å². The van der Waals surface area contributed by atoms with Crippen LogP contribution >= 0.6 is 0 Å². The van der Waals surface area contributed by atoms with Crippen LogP contribution in [0.15, 0.2) is 0 Å². The van der Waals surface area contributed by atoms with Gasteiger partial charge in [-0.05, 0) is 25.7 Å². The molecule has 3 saturated heterocycles. The molecular formula is C19H34N4O3. The van der Waals surface area contributed by atoms with E-state index in [1.165, 1.54) is 0 Å². The van der Waals surface area contributed by atoms with Crippen LogP contribution in [0.1, 0.15) is 26.7 Å². The molecule has 1 atom stereocenters. The lowest BCUT2D eigenvalue weighted by Gasteiger charge is -2.40. The van der Waals surface area contributed by atoms with Crippen molar-refractivity contribution in [3.8, 4) is 0 Å². The van der Waals surface area contributed by atoms with E-state index in [1.54, 1.807) is 0 Å². The topological polar surface area (TPSA) is 56.3 Å². The van der Waals surface area contributed by atoms with Gasteiger partial charge in [-0.15, -0.1) is 0 Å². The fourth-order valence-electron chi connectivity index (χ4n) is 4.06. The van der Waals surface area contributed by atoms with Gasteiger partial charge in [0.25, 0.3) is 0 Å². The van der Waals surface area contributed by atoms with E-state index in [0.717, 1.165) is 84.3 Å². The first-order valence-corrected chi connectivity index (χ1v) is 10.2. The van der Waals surface area contributed by atoms with Crippen LogP contribution in [0, 0.1) is 5.92 Å². The van der Waals surface area contributed by atoms with Crippen molar-refractivity contribution in [3.05, 3.63) is 0 Å². The number of carbonyl (C=O) groups excluding carboxylic acids is 2. The first-order chi connectivity index (χ1) is 12.5. The van der Waals surface area contributed by atoms with E-state index in [0.29, 0.717) is 6.54 Å². The minimum atomic E-state index is -0.0834. The molecule has 0 aromatic carbocycles. The summed E-state index contributed by atoms with van der Waals surface area (Å²) in [5, 5.41) is 0. The van der Waals surface area contributed by atoms with E-state index < -0.39 is 0 Å². The van der Waals surface area contributed by atoms with Gasteiger partial charge in [-0.3, -0.25) is 19.4 Å². The van der Waals surface area contributed by atoms with Crippen molar-refractivity contribution < 1.29 is 14.3 Å². The Morgan fingerprint density at radius 1 is 0.923 bits per heavy atom. The zero-order valence-electron chi connectivity index (χ0n) is 16.4. The van der Waals surface area contributed by atoms with E-state index in [9.17, 15) is 9.59 Å². The predicted molar refractivity (Wildman–Crippen MR) is 99.9 cm³/mol. The number of carbonyl (C=O) groups is 2. The van der Waals surface area contributed by atoms with Crippen molar-refractivity contribution in [1.82, 2.24) is 19.6 Å². The van der Waals surface area contributed by atoms with Crippen LogP contribution in [0.5, 0.6) is 0 Å². The number of hydrogen-bond acceptors (Lipinski definition) is 5. The number of hydrogen-bond donors (Lipinski definition) is 0. The molecule has 3 aliphatic rings. The second kappa shape index (κ2) is 9.15. The molecule has 3 fully saturated rings. The first kappa shape index (κ1) is 19.6. The number of amides is 2. The highest BCUT2D eigenvalue weighted by Crippen LogP contribution is 2.18. The van der Waals surface area contributed by atoms with Crippen LogP contribution in [-0.4, -0.2) is 110 Å². The molecule has 7 nitrogen and oxygen atoms in total. The van der Waals surface area contributed by atoms with Crippen LogP contribution in [0.2, 0.25) is 0 Å². The van der Waals surface area contributed by atoms with Crippen molar-refractivity contribution in [1.29, 1.82) is 0 Å². The molecule has 3 aliphatic heterocycles. The van der Waals surface area contributed by atoms with Crippen molar-refractivity contribution >= 4 is 11.8 Å². The minimum Gasteiger partial charge on any atom is -0.379 e. The fourth-order valence-corrected chi connectivity index (χ4v) is 4.06. The summed E-state index contributed by atoms with van der Waals surface area (Å²) in [4.78, 5) is 33.7. The normalized spacial score (nSPS) is 25.3. The van der Waals surface area contributed by atoms with E-state index in [1.807, 2.05) is 16.7 Å². The molecule has 0 bridgehead atoms. The van der Waals surface area contributed by atoms with Gasteiger partial charge in [-0.25, -0.2) is 0 Å². The summed E-state index contributed by atoms with van der Waals surface area (Å²) in [5.41, 5.74) is 0. The Labute approximate surface area is 157 Å². The van der Waals surface area contributed by atoms with Gasteiger partial charge in [0.15, 0.2) is 0 Å². The maximum atomic E-state index is 12.8. The Hall–Kier alpha value is -1.18. The Balaban J connectivity index is 1.42. The third-order valence-corrected chi connectivity index (χ3v) is 6.13. The summed E-state index contributed by atoms with van der Waals surface area (Å²) in [6, 6.07) is -0.0834. The number of morpholine rings is 1. The van der Waals surface area contributed by atoms with Gasteiger partial charge in [-0.2, -0.15) is 0 Å². The molecular weight excluding hydrogens is 332 g/mol. The Morgan fingerprint density at radius 3 is 2.15 bits per heavy atom. The summed E-state index contributed by atoms with van der Waals surface area (Å²) in [7, 11) is 0. The van der Waals surface area contributed by atoms with Crippen molar-refractivity contribution in [3.63, 3.8) is 0 Å². The molecule has 1 unspecified atom stereocenters. The van der Waals surface area contributed by atoms with E-state index >= 15 is 0 Å². The smallest absolute Gasteiger partial charge is 0.239 e. The Morgan fingerprint density at radius 2 is 1.54 bits per heavy atom. The van der Waals surface area contributed by atoms with Crippen molar-refractivity contribution in [2.45, 2.75) is 32.7 Å². The summed E-state index contributed by atoms with van der Waals surface area (Å²) in [6.07, 6.45) is 2.23. The summed E-state index contributed by atoms with van der Waals surface area (Å²) >= 11 is 0. The van der Waals surface area contributed by atoms with Gasteiger partial charge in [-0.1, -0.05) is 6.92 Å². The molecule has 0 saturated carbocycles. The van der Waals surface area contributed by atoms with Crippen LogP contribution in [-0.2, 0) is 14.3 Å². The Bertz CT molecular complexity index is 479. The van der Waals surface area contributed by atoms with Gasteiger partial charge in [0.2, 0.25) is 11.8 Å². The van der Waals surface area contributed by atoms with Gasteiger partial charge in [0.1, 0.15) is 0 Å². The molecule has 3 rings (SSSR count). The number of likely N-dealkylation sites (tertiary alicyclic amines) is 1. The number of piperazine rings is 1. The number of piperidine rings is 1. The van der Waals surface area contributed by atoms with Crippen molar-refractivity contribution in [2.24, 2.45) is 5.92 Å². The number of nitrogens with zero attached hydrogens (tertiary/aromatic N) is 4. The SMILES string of the molecule is CC1CCN(C(=O)C(C)N2CCN(C(=O)CN3CCOCC3)CC2)CC1. The first-order valence-electron chi connectivity index (χ1n) is 10.2. The van der Waals surface area contributed by atoms with Crippen LogP contribution in [0.4, 0.5) is 0 Å². The molecule has 0 N–H and O–H groups in total. The molecule has 26 heavy (non-hydrogen) atoms. The van der Waals surface area contributed by atoms with Gasteiger partial charge in [0.05, 0.1) is 25.8 Å². The lowest BCUT2D eigenvalue weighted by atomic mass is 9.98. The molecule has 3 heterocycles. The highest BCUT2D eigenvalue weighted by Gasteiger charge is 2.31. The fraction of sp³-hybridized carbons (Fsp3) is 0.895. The van der Waals surface area contributed by atoms with Crippen LogP contribution in [0.25, 0.3) is 0 Å². The molecule has 0 spiro atoms. The summed E-state index contributed by atoms with van der Waals surface area (Å²) < 4.78 is 5.34. The molecule has 2 amide bonds. The number of rotatable bonds is 4. The lowest BCUT2D eigenvalue weighted by molar-refractivity contribution is -0.140. The standard InChI is InChI=1S/C19H34N4O3/c1-16-3-5-23(6-4-16)19(25)17(2)21-7-9-22(10-8-21)18(24)15-20-11-13-26-14-12-20/h16-17H,3-15H2,1-2H3. The quantitative estimate of drug-likeness (QED) is 0.707. The molecule has 0 aromatic heterocycles. The molecule has 7 heteroatoms. The summed E-state index contributed by atoms with van der Waals surface area (Å²) in [5.74, 6) is 1.19. The second-order valence-corrected chi connectivity index (χ2v) is 7.99. The second-order valence-electron chi connectivity index (χ2n) is 7.99. The third kappa shape index (κ3) is 4.96. The van der Waals surface area contributed by atoms with Gasteiger partial charge < -0.3 is 14.5 Å². The highest BCUT2D eigenvalue weighted by atomic mass is 16.5. The molecule has 0 aromatic rings. The van der Waals surface area contributed by atoms with Crippen LogP contribution < -0.4 is 0 Å². The minimum absolute atomic E-state index is 0.0834. The van der Waals surface area contributed by atoms with Crippen LogP contribution in [0.3, 0.4) is 0 Å². The molecule has 0 radical (unpaired) electrons. The average Bonchev–Trinajstić information content (AvgIpc) is 2.68. The maximum absolute atomic E-state index is 12.8. The number of ether oxygens (including phenoxy) is 1. The largest absolute Gasteiger partial charge is 0.379 e. The Kier molecular flexibility index (Phi) is 6.89. The van der Waals surface area contributed by atoms with Crippen molar-refractivity contribution in [2.75, 3.05) is 72.1 Å². The highest BCUT2D eigenvalue weighted by molar-refractivity contribution is 5.82. The monoisotopic (exact) mass is 366 g/mol. The van der Waals surface area contributed by atoms with E-state index in [4.69, 9.17) is 4.74 Å². The molecule has 0 aliphatic carbocycles. The molecule has 148 valence electrons. The van der Waals surface area contributed by atoms with Gasteiger partial charge in [0, 0.05) is 52.4 Å². The average molecular weight is 367 g/mol. The predicted octanol–water partition coefficient (Wildman–Crippen LogP) is 0.110. The zero-order chi connectivity index (χ0) is 18.5. The van der Waals surface area contributed by atoms with E-state index in [-0.39, 0.29) is 17.9 Å². The summed E-state index contributed by atoms with van der Waals surface area (Å²) in [6.45, 7) is 12.7. The maximum Gasteiger partial charge on any atom is 0.239 e. The lowest BCUT2D eigenvalue weighted by Crippen LogP contribution is -2.57. The third-order valence-electron chi connectivity index (χ3n) is 6.13. The zero-order valence-corrected chi connectivity index (χ0v) is 16.4.